The predicted molar refractivity (Wildman–Crippen MR) is 189 cm³/mol. The summed E-state index contributed by atoms with van der Waals surface area (Å²) in [5.41, 5.74) is 13.1. The number of aryl methyl sites for hydroxylation is 3. The van der Waals surface area contributed by atoms with Crippen LogP contribution in [0.2, 0.25) is 4.63 Å². The first-order chi connectivity index (χ1) is 18.7. The molecule has 0 saturated heterocycles. The van der Waals surface area contributed by atoms with E-state index in [1.54, 1.807) is 6.55 Å². The minimum atomic E-state index is -4.42. The average molecular weight is 677 g/mol. The first-order valence-electron chi connectivity index (χ1n) is 14.9. The van der Waals surface area contributed by atoms with Crippen LogP contribution in [-0.2, 0) is 24.7 Å². The first kappa shape index (κ1) is 32.9. The molecule has 4 aromatic rings. The fraction of sp³-hybridized carbons (Fsp3) is 0.308. The van der Waals surface area contributed by atoms with Crippen LogP contribution < -0.4 is 6.54 Å². The van der Waals surface area contributed by atoms with Crippen molar-refractivity contribution in [2.24, 2.45) is 11.3 Å². The van der Waals surface area contributed by atoms with Gasteiger partial charge in [0.25, 0.3) is 0 Å². The summed E-state index contributed by atoms with van der Waals surface area (Å²) in [7, 11) is 0. The summed E-state index contributed by atoms with van der Waals surface area (Å²) in [4.78, 5) is 0. The van der Waals surface area contributed by atoms with Gasteiger partial charge in [0.15, 0.2) is 0 Å². The Morgan fingerprint density at radius 3 is 2.05 bits per heavy atom. The quantitative estimate of drug-likeness (QED) is 0.179. The summed E-state index contributed by atoms with van der Waals surface area (Å²) < 4.78 is 12.9. The molecule has 0 heterocycles. The van der Waals surface area contributed by atoms with E-state index in [0.29, 0.717) is 5.92 Å². The molecule has 6 rings (SSSR count). The first-order valence-corrected chi connectivity index (χ1v) is 22.8. The molecule has 0 radical (unpaired) electrons. The molecule has 1 unspecified atom stereocenters. The molecular formula is C39H46Cl2Zr. The molecule has 4 aromatic carbocycles. The van der Waals surface area contributed by atoms with Gasteiger partial charge in [-0.25, -0.2) is 0 Å². The molecule has 3 heteroatoms. The van der Waals surface area contributed by atoms with Crippen molar-refractivity contribution >= 4 is 46.3 Å². The third-order valence-corrected chi connectivity index (χ3v) is 25.3. The van der Waals surface area contributed by atoms with Crippen LogP contribution in [0.3, 0.4) is 0 Å². The molecule has 0 saturated carbocycles. The Labute approximate surface area is 266 Å². The van der Waals surface area contributed by atoms with Crippen LogP contribution in [0, 0.1) is 39.0 Å². The summed E-state index contributed by atoms with van der Waals surface area (Å²) >= 11 is -4.42. The molecule has 0 aromatic heterocycles. The molecule has 0 aliphatic heterocycles. The average Bonchev–Trinajstić information content (AvgIpc) is 3.45. The maximum absolute atomic E-state index is 5.58. The summed E-state index contributed by atoms with van der Waals surface area (Å²) in [5.74, 6) is 0.373. The predicted octanol–water partition coefficient (Wildman–Crippen LogP) is 10.1. The third kappa shape index (κ3) is 4.80. The van der Waals surface area contributed by atoms with Crippen molar-refractivity contribution in [1.82, 2.24) is 0 Å². The summed E-state index contributed by atoms with van der Waals surface area (Å²) in [6.45, 7) is 18.7. The van der Waals surface area contributed by atoms with Crippen LogP contribution in [0.25, 0.3) is 21.9 Å². The van der Waals surface area contributed by atoms with E-state index in [4.69, 9.17) is 4.21 Å². The van der Waals surface area contributed by atoms with E-state index in [-0.39, 0.29) is 30.2 Å². The van der Waals surface area contributed by atoms with Gasteiger partial charge in [-0.15, -0.1) is 24.8 Å². The molecule has 0 spiro atoms. The Kier molecular flexibility index (Phi) is 8.48. The second-order valence-electron chi connectivity index (χ2n) is 14.3. The number of hydrogen-bond donors (Lipinski definition) is 0. The summed E-state index contributed by atoms with van der Waals surface area (Å²) in [6.07, 6.45) is 6.12. The van der Waals surface area contributed by atoms with Crippen molar-refractivity contribution in [1.29, 1.82) is 0 Å². The normalized spacial score (nSPS) is 16.3. The summed E-state index contributed by atoms with van der Waals surface area (Å²) in [5, 5.41) is 2.62. The fourth-order valence-corrected chi connectivity index (χ4v) is 22.8. The molecule has 42 heavy (non-hydrogen) atoms. The monoisotopic (exact) mass is 674 g/mol. The fourth-order valence-electron chi connectivity index (χ4n) is 7.82. The van der Waals surface area contributed by atoms with E-state index >= 15 is 0 Å². The second kappa shape index (κ2) is 10.8. The Morgan fingerprint density at radius 1 is 0.786 bits per heavy atom. The molecule has 220 valence electrons. The van der Waals surface area contributed by atoms with Crippen molar-refractivity contribution in [2.45, 2.75) is 66.4 Å². The zero-order chi connectivity index (χ0) is 28.8. The standard InChI is InChI=1S/C17H17.C10H7.C10H15.CH3.CH2.2ClH.Zr/c1-10-5-14-9-15-6-11(2)13(4)8-17(15)16(14)7-12(10)3;1-2-6-10-8-4-3-7-9(10)5-1;1-8-5-6-9(7-8)10(2,3)4;;;;;/h5,7-8H,9H2,1-4H3;1-3,5-8H;6-8H,1-4H3;1H3;1H2;2*1H;. The van der Waals surface area contributed by atoms with Crippen LogP contribution in [0.15, 0.2) is 81.7 Å². The Bertz CT molecular complexity index is 1880. The zero-order valence-corrected chi connectivity index (χ0v) is 30.8. The van der Waals surface area contributed by atoms with Crippen molar-refractivity contribution in [3.8, 4) is 11.1 Å². The number of allylic oxidation sites excluding steroid dienone is 4. The topological polar surface area (TPSA) is 0 Å². The zero-order valence-electron chi connectivity index (χ0n) is 26.7. The molecular weight excluding hydrogens is 631 g/mol. The molecule has 0 fully saturated rings. The van der Waals surface area contributed by atoms with Gasteiger partial charge in [0.2, 0.25) is 0 Å². The molecule has 2 aliphatic rings. The van der Waals surface area contributed by atoms with Gasteiger partial charge in [0.1, 0.15) is 0 Å². The Balaban J connectivity index is 0.00000202. The van der Waals surface area contributed by atoms with E-state index in [9.17, 15) is 0 Å². The molecule has 1 atom stereocenters. The minimum absolute atomic E-state index is 0. The molecule has 2 aliphatic carbocycles. The van der Waals surface area contributed by atoms with Gasteiger partial charge < -0.3 is 0 Å². The molecule has 0 nitrogen and oxygen atoms in total. The van der Waals surface area contributed by atoms with Crippen LogP contribution in [0.4, 0.5) is 0 Å². The number of fused-ring (bicyclic) bond motifs is 4. The van der Waals surface area contributed by atoms with Crippen molar-refractivity contribution in [3.05, 3.63) is 115 Å². The Morgan fingerprint density at radius 2 is 1.40 bits per heavy atom. The van der Waals surface area contributed by atoms with Crippen molar-refractivity contribution in [2.75, 3.05) is 0 Å². The SMILES string of the molecule is Cl.Cl.[CH2]=[Zr]([CH3])([C]1=CC(C(C)(C)C)=CC1C)([c]1ccc2ccccc2c1)[c]1c(C)c(C)cc2c1Cc1cc(C)c(C)cc1-2. The molecule has 0 N–H and O–H groups in total. The molecule has 0 amide bonds. The van der Waals surface area contributed by atoms with Crippen LogP contribution in [0.1, 0.15) is 61.1 Å². The maximum atomic E-state index is 5.58. The number of halogens is 2. The van der Waals surface area contributed by atoms with Gasteiger partial charge in [-0.3, -0.25) is 0 Å². The number of benzene rings is 4. The van der Waals surface area contributed by atoms with Gasteiger partial charge in [-0.1, -0.05) is 0 Å². The summed E-state index contributed by atoms with van der Waals surface area (Å²) in [6, 6.07) is 23.4. The van der Waals surface area contributed by atoms with Gasteiger partial charge in [-0.05, 0) is 0 Å². The Hall–Kier alpha value is -2.05. The van der Waals surface area contributed by atoms with Gasteiger partial charge in [-0.2, -0.15) is 0 Å². The van der Waals surface area contributed by atoms with Gasteiger partial charge >= 0.3 is 244 Å². The molecule has 0 bridgehead atoms. The third-order valence-electron chi connectivity index (χ3n) is 10.4. The van der Waals surface area contributed by atoms with E-state index in [0.717, 1.165) is 6.42 Å². The van der Waals surface area contributed by atoms with E-state index in [1.165, 1.54) is 64.1 Å². The number of hydrogen-bond acceptors (Lipinski definition) is 0. The van der Waals surface area contributed by atoms with E-state index in [1.807, 2.05) is 0 Å². The second-order valence-corrected chi connectivity index (χ2v) is 28.3. The van der Waals surface area contributed by atoms with Crippen LogP contribution in [-0.4, -0.2) is 4.21 Å². The van der Waals surface area contributed by atoms with Gasteiger partial charge in [0, 0.05) is 0 Å². The van der Waals surface area contributed by atoms with Crippen LogP contribution >= 0.6 is 24.8 Å². The van der Waals surface area contributed by atoms with Crippen molar-refractivity contribution in [3.63, 3.8) is 0 Å². The van der Waals surface area contributed by atoms with E-state index < -0.39 is 18.3 Å². The van der Waals surface area contributed by atoms with Crippen LogP contribution in [0.5, 0.6) is 0 Å². The van der Waals surface area contributed by atoms with Crippen molar-refractivity contribution < 1.29 is 18.3 Å². The van der Waals surface area contributed by atoms with E-state index in [2.05, 4.69) is 133 Å². The number of rotatable bonds is 3. The van der Waals surface area contributed by atoms with Gasteiger partial charge in [0.05, 0.1) is 0 Å².